The second-order valence-corrected chi connectivity index (χ2v) is 5.25. The number of rotatable bonds is 4. The average Bonchev–Trinajstić information content (AvgIpc) is 2.80. The molecular formula is C13H22N4. The van der Waals surface area contributed by atoms with Crippen molar-refractivity contribution in [3.05, 3.63) is 12.4 Å². The standard InChI is InChI=1S/C13H22N4/c1-10(2)9-17(11-5-3-4-6-11)13-12(14)15-7-8-16-13/h7-8,10-11H,3-6,9H2,1-2H3,(H2,14,15). The first-order valence-electron chi connectivity index (χ1n) is 6.51. The number of aromatic nitrogens is 2. The van der Waals surface area contributed by atoms with Gasteiger partial charge in [-0.2, -0.15) is 0 Å². The summed E-state index contributed by atoms with van der Waals surface area (Å²) in [6.45, 7) is 5.47. The molecule has 0 unspecified atom stereocenters. The monoisotopic (exact) mass is 234 g/mol. The second kappa shape index (κ2) is 5.34. The van der Waals surface area contributed by atoms with Crippen molar-refractivity contribution in [1.82, 2.24) is 9.97 Å². The zero-order chi connectivity index (χ0) is 12.3. The zero-order valence-corrected chi connectivity index (χ0v) is 10.8. The number of hydrogen-bond acceptors (Lipinski definition) is 4. The molecule has 1 aliphatic rings. The minimum atomic E-state index is 0.556. The van der Waals surface area contributed by atoms with Crippen LogP contribution in [0, 0.1) is 5.92 Å². The molecule has 4 nitrogen and oxygen atoms in total. The minimum Gasteiger partial charge on any atom is -0.381 e. The highest BCUT2D eigenvalue weighted by molar-refractivity contribution is 5.58. The van der Waals surface area contributed by atoms with Gasteiger partial charge in [-0.05, 0) is 18.8 Å². The van der Waals surface area contributed by atoms with E-state index in [1.165, 1.54) is 25.7 Å². The van der Waals surface area contributed by atoms with Crippen molar-refractivity contribution in [2.24, 2.45) is 5.92 Å². The van der Waals surface area contributed by atoms with Gasteiger partial charge in [0.2, 0.25) is 0 Å². The summed E-state index contributed by atoms with van der Waals surface area (Å²) in [5, 5.41) is 0. The van der Waals surface area contributed by atoms with Crippen LogP contribution in [-0.4, -0.2) is 22.6 Å². The van der Waals surface area contributed by atoms with Crippen LogP contribution >= 0.6 is 0 Å². The highest BCUT2D eigenvalue weighted by Crippen LogP contribution is 2.29. The molecule has 0 bridgehead atoms. The molecule has 0 atom stereocenters. The summed E-state index contributed by atoms with van der Waals surface area (Å²) in [6.07, 6.45) is 8.53. The van der Waals surface area contributed by atoms with Crippen molar-refractivity contribution in [2.75, 3.05) is 17.2 Å². The van der Waals surface area contributed by atoms with Crippen LogP contribution in [0.25, 0.3) is 0 Å². The van der Waals surface area contributed by atoms with E-state index in [-0.39, 0.29) is 0 Å². The Hall–Kier alpha value is -1.32. The number of nitrogens with zero attached hydrogens (tertiary/aromatic N) is 3. The van der Waals surface area contributed by atoms with Crippen LogP contribution in [0.15, 0.2) is 12.4 Å². The molecule has 0 radical (unpaired) electrons. The lowest BCUT2D eigenvalue weighted by molar-refractivity contribution is 0.531. The summed E-state index contributed by atoms with van der Waals surface area (Å²) in [4.78, 5) is 10.9. The molecule has 94 valence electrons. The number of hydrogen-bond donors (Lipinski definition) is 1. The van der Waals surface area contributed by atoms with Gasteiger partial charge in [-0.3, -0.25) is 0 Å². The van der Waals surface area contributed by atoms with Gasteiger partial charge >= 0.3 is 0 Å². The average molecular weight is 234 g/mol. The van der Waals surface area contributed by atoms with Crippen molar-refractivity contribution in [3.63, 3.8) is 0 Å². The molecule has 1 aliphatic carbocycles. The van der Waals surface area contributed by atoms with Gasteiger partial charge in [-0.25, -0.2) is 9.97 Å². The molecule has 0 amide bonds. The quantitative estimate of drug-likeness (QED) is 0.869. The van der Waals surface area contributed by atoms with Crippen molar-refractivity contribution in [2.45, 2.75) is 45.6 Å². The molecule has 1 heterocycles. The maximum absolute atomic E-state index is 5.95. The molecule has 2 rings (SSSR count). The van der Waals surface area contributed by atoms with Crippen molar-refractivity contribution >= 4 is 11.6 Å². The largest absolute Gasteiger partial charge is 0.381 e. The lowest BCUT2D eigenvalue weighted by Crippen LogP contribution is -2.37. The predicted octanol–water partition coefficient (Wildman–Crippen LogP) is 2.46. The third-order valence-corrected chi connectivity index (χ3v) is 3.31. The van der Waals surface area contributed by atoms with Gasteiger partial charge in [-0.15, -0.1) is 0 Å². The Bertz CT molecular complexity index is 358. The van der Waals surface area contributed by atoms with E-state index in [4.69, 9.17) is 5.73 Å². The lowest BCUT2D eigenvalue weighted by atomic mass is 10.1. The van der Waals surface area contributed by atoms with Crippen LogP contribution in [-0.2, 0) is 0 Å². The lowest BCUT2D eigenvalue weighted by Gasteiger charge is -2.32. The van der Waals surface area contributed by atoms with E-state index in [0.29, 0.717) is 17.8 Å². The Kier molecular flexibility index (Phi) is 3.82. The highest BCUT2D eigenvalue weighted by atomic mass is 15.2. The van der Waals surface area contributed by atoms with E-state index >= 15 is 0 Å². The molecule has 17 heavy (non-hydrogen) atoms. The van der Waals surface area contributed by atoms with E-state index in [0.717, 1.165) is 12.4 Å². The van der Waals surface area contributed by atoms with Crippen LogP contribution in [0.1, 0.15) is 39.5 Å². The van der Waals surface area contributed by atoms with Crippen molar-refractivity contribution < 1.29 is 0 Å². The Labute approximate surface area is 103 Å². The van der Waals surface area contributed by atoms with Gasteiger partial charge in [0.25, 0.3) is 0 Å². The van der Waals surface area contributed by atoms with Gasteiger partial charge in [0.05, 0.1) is 0 Å². The van der Waals surface area contributed by atoms with Gasteiger partial charge in [-0.1, -0.05) is 26.7 Å². The fourth-order valence-electron chi connectivity index (χ4n) is 2.58. The van der Waals surface area contributed by atoms with Crippen LogP contribution in [0.2, 0.25) is 0 Å². The normalized spacial score (nSPS) is 16.6. The summed E-state index contributed by atoms with van der Waals surface area (Å²) in [5.74, 6) is 2.03. The van der Waals surface area contributed by atoms with E-state index in [1.807, 2.05) is 0 Å². The Morgan fingerprint density at radius 3 is 2.53 bits per heavy atom. The highest BCUT2D eigenvalue weighted by Gasteiger charge is 2.25. The molecule has 1 saturated carbocycles. The number of nitrogen functional groups attached to an aromatic ring is 1. The van der Waals surface area contributed by atoms with Gasteiger partial charge in [0, 0.05) is 25.0 Å². The number of nitrogens with two attached hydrogens (primary N) is 1. The van der Waals surface area contributed by atoms with E-state index < -0.39 is 0 Å². The van der Waals surface area contributed by atoms with Crippen LogP contribution in [0.5, 0.6) is 0 Å². The molecule has 1 aromatic heterocycles. The van der Waals surface area contributed by atoms with Gasteiger partial charge < -0.3 is 10.6 Å². The zero-order valence-electron chi connectivity index (χ0n) is 10.8. The third-order valence-electron chi connectivity index (χ3n) is 3.31. The minimum absolute atomic E-state index is 0.556. The first kappa shape index (κ1) is 12.1. The predicted molar refractivity (Wildman–Crippen MR) is 70.9 cm³/mol. The fraction of sp³-hybridized carbons (Fsp3) is 0.692. The molecular weight excluding hydrogens is 212 g/mol. The van der Waals surface area contributed by atoms with E-state index in [9.17, 15) is 0 Å². The Morgan fingerprint density at radius 2 is 1.94 bits per heavy atom. The molecule has 0 spiro atoms. The maximum Gasteiger partial charge on any atom is 0.171 e. The Balaban J connectivity index is 2.22. The topological polar surface area (TPSA) is 55.0 Å². The first-order chi connectivity index (χ1) is 8.18. The number of anilines is 2. The summed E-state index contributed by atoms with van der Waals surface area (Å²) in [5.41, 5.74) is 5.95. The molecule has 1 aromatic rings. The summed E-state index contributed by atoms with van der Waals surface area (Å²) in [7, 11) is 0. The van der Waals surface area contributed by atoms with Crippen molar-refractivity contribution in [1.29, 1.82) is 0 Å². The molecule has 0 aliphatic heterocycles. The maximum atomic E-state index is 5.95. The third kappa shape index (κ3) is 2.87. The summed E-state index contributed by atoms with van der Waals surface area (Å²) < 4.78 is 0. The molecule has 0 aromatic carbocycles. The Morgan fingerprint density at radius 1 is 1.29 bits per heavy atom. The first-order valence-corrected chi connectivity index (χ1v) is 6.51. The molecule has 1 fully saturated rings. The smallest absolute Gasteiger partial charge is 0.171 e. The van der Waals surface area contributed by atoms with Gasteiger partial charge in [0.1, 0.15) is 0 Å². The van der Waals surface area contributed by atoms with Gasteiger partial charge in [0.15, 0.2) is 11.6 Å². The fourth-order valence-corrected chi connectivity index (χ4v) is 2.58. The molecule has 2 N–H and O–H groups in total. The van der Waals surface area contributed by atoms with Crippen LogP contribution in [0.4, 0.5) is 11.6 Å². The molecule has 0 saturated heterocycles. The van der Waals surface area contributed by atoms with Crippen LogP contribution < -0.4 is 10.6 Å². The second-order valence-electron chi connectivity index (χ2n) is 5.25. The summed E-state index contributed by atoms with van der Waals surface area (Å²) >= 11 is 0. The van der Waals surface area contributed by atoms with E-state index in [1.54, 1.807) is 12.4 Å². The SMILES string of the molecule is CC(C)CN(c1nccnc1N)C1CCCC1. The van der Waals surface area contributed by atoms with Crippen molar-refractivity contribution in [3.8, 4) is 0 Å². The van der Waals surface area contributed by atoms with E-state index in [2.05, 4.69) is 28.7 Å². The summed E-state index contributed by atoms with van der Waals surface area (Å²) in [6, 6.07) is 0.594. The van der Waals surface area contributed by atoms with Crippen LogP contribution in [0.3, 0.4) is 0 Å². The molecule has 4 heteroatoms.